The molecule has 36 heavy (non-hydrogen) atoms. The van der Waals surface area contributed by atoms with Crippen LogP contribution in [-0.2, 0) is 31.6 Å². The highest BCUT2D eigenvalue weighted by Crippen LogP contribution is 2.45. The van der Waals surface area contributed by atoms with E-state index in [1.54, 1.807) is 25.1 Å². The van der Waals surface area contributed by atoms with Crippen molar-refractivity contribution in [3.63, 3.8) is 0 Å². The van der Waals surface area contributed by atoms with Gasteiger partial charge in [0.15, 0.2) is 5.03 Å². The Morgan fingerprint density at radius 2 is 1.75 bits per heavy atom. The Kier molecular flexibility index (Phi) is 6.53. The number of carbonyl (C=O) groups is 2. The van der Waals surface area contributed by atoms with Gasteiger partial charge < -0.3 is 0 Å². The fourth-order valence-electron chi connectivity index (χ4n) is 4.76. The number of sulfonamides is 1. The van der Waals surface area contributed by atoms with E-state index in [-0.39, 0.29) is 42.2 Å². The maximum Gasteiger partial charge on any atom is 0.260 e. The Labute approximate surface area is 227 Å². The normalized spacial score (nSPS) is 20.7. The highest BCUT2D eigenvalue weighted by Gasteiger charge is 2.52. The second-order valence-corrected chi connectivity index (χ2v) is 12.7. The molecular weight excluding hydrogens is 591 g/mol. The van der Waals surface area contributed by atoms with Crippen LogP contribution in [0.4, 0.5) is 11.6 Å². The van der Waals surface area contributed by atoms with E-state index in [1.165, 1.54) is 15.7 Å². The predicted molar refractivity (Wildman–Crippen MR) is 140 cm³/mol. The molecule has 188 valence electrons. The van der Waals surface area contributed by atoms with Gasteiger partial charge in [0.2, 0.25) is 5.95 Å². The zero-order valence-electron chi connectivity index (χ0n) is 19.1. The molecular formula is C24H21BrCl2N4O4S. The number of hydrogen-bond acceptors (Lipinski definition) is 5. The van der Waals surface area contributed by atoms with Crippen LogP contribution in [0.5, 0.6) is 0 Å². The Bertz CT molecular complexity index is 1470. The summed E-state index contributed by atoms with van der Waals surface area (Å²) < 4.78 is 31.0. The third kappa shape index (κ3) is 4.28. The van der Waals surface area contributed by atoms with Gasteiger partial charge in [-0.05, 0) is 49.2 Å². The van der Waals surface area contributed by atoms with Gasteiger partial charge in [0.05, 0.1) is 18.4 Å². The first-order valence-corrected chi connectivity index (χ1v) is 14.1. The standard InChI is InChI=1S/C24H21BrCl2N4O4S/c1-24(12-15-4-6-16(25)7-5-15)22(33)30(19-10-17(26)9-18(27)11-19)23-28-13-21(31(23)24)36(34,35)29-8-2-3-20(32)14-29/h4-7,9-11,13H,2-3,8,12,14H2,1H3. The summed E-state index contributed by atoms with van der Waals surface area (Å²) in [6.45, 7) is 1.71. The van der Waals surface area contributed by atoms with Gasteiger partial charge in [0, 0.05) is 33.9 Å². The summed E-state index contributed by atoms with van der Waals surface area (Å²) in [5.41, 5.74) is -0.131. The lowest BCUT2D eigenvalue weighted by Crippen LogP contribution is -2.44. The third-order valence-electron chi connectivity index (χ3n) is 6.46. The van der Waals surface area contributed by atoms with Crippen molar-refractivity contribution in [2.24, 2.45) is 0 Å². The summed E-state index contributed by atoms with van der Waals surface area (Å²) in [4.78, 5) is 31.8. The van der Waals surface area contributed by atoms with Crippen molar-refractivity contribution in [2.45, 2.75) is 36.8 Å². The lowest BCUT2D eigenvalue weighted by molar-refractivity contribution is -0.124. The number of Topliss-reactive ketones (excluding diaryl/α,β-unsaturated/α-hetero) is 1. The van der Waals surface area contributed by atoms with E-state index in [0.29, 0.717) is 28.6 Å². The van der Waals surface area contributed by atoms with Gasteiger partial charge in [-0.3, -0.25) is 14.2 Å². The van der Waals surface area contributed by atoms with Gasteiger partial charge in [-0.2, -0.15) is 4.31 Å². The first-order valence-electron chi connectivity index (χ1n) is 11.2. The summed E-state index contributed by atoms with van der Waals surface area (Å²) >= 11 is 15.9. The topological polar surface area (TPSA) is 92.6 Å². The van der Waals surface area contributed by atoms with Crippen molar-refractivity contribution in [1.82, 2.24) is 13.9 Å². The molecule has 0 aliphatic carbocycles. The lowest BCUT2D eigenvalue weighted by atomic mass is 9.92. The quantitative estimate of drug-likeness (QED) is 0.407. The van der Waals surface area contributed by atoms with Crippen molar-refractivity contribution in [3.05, 3.63) is 68.7 Å². The van der Waals surface area contributed by atoms with Crippen molar-refractivity contribution in [2.75, 3.05) is 18.0 Å². The number of aromatic nitrogens is 2. The summed E-state index contributed by atoms with van der Waals surface area (Å²) in [6.07, 6.45) is 2.24. The van der Waals surface area contributed by atoms with E-state index in [9.17, 15) is 18.0 Å². The minimum atomic E-state index is -4.12. The molecule has 0 radical (unpaired) electrons. The number of imidazole rings is 1. The molecule has 1 unspecified atom stereocenters. The predicted octanol–water partition coefficient (Wildman–Crippen LogP) is 4.94. The molecule has 3 heterocycles. The van der Waals surface area contributed by atoms with E-state index < -0.39 is 15.6 Å². The van der Waals surface area contributed by atoms with Crippen LogP contribution in [-0.4, -0.2) is 47.1 Å². The Morgan fingerprint density at radius 3 is 2.39 bits per heavy atom. The highest BCUT2D eigenvalue weighted by molar-refractivity contribution is 9.10. The number of piperidine rings is 1. The van der Waals surface area contributed by atoms with Crippen molar-refractivity contribution in [3.8, 4) is 0 Å². The molecule has 0 bridgehead atoms. The molecule has 1 aromatic heterocycles. The molecule has 3 aromatic rings. The van der Waals surface area contributed by atoms with Crippen LogP contribution in [0.3, 0.4) is 0 Å². The van der Waals surface area contributed by atoms with Crippen LogP contribution < -0.4 is 4.90 Å². The molecule has 2 aromatic carbocycles. The van der Waals surface area contributed by atoms with E-state index in [2.05, 4.69) is 20.9 Å². The molecule has 12 heteroatoms. The van der Waals surface area contributed by atoms with E-state index in [4.69, 9.17) is 23.2 Å². The number of halogens is 3. The van der Waals surface area contributed by atoms with Crippen LogP contribution in [0.2, 0.25) is 10.0 Å². The first-order chi connectivity index (χ1) is 17.0. The molecule has 1 fully saturated rings. The molecule has 2 aliphatic rings. The van der Waals surface area contributed by atoms with Crippen LogP contribution in [0.15, 0.2) is 58.2 Å². The maximum atomic E-state index is 14.1. The van der Waals surface area contributed by atoms with Gasteiger partial charge in [0.25, 0.3) is 15.9 Å². The average molecular weight is 612 g/mol. The lowest BCUT2D eigenvalue weighted by Gasteiger charge is -2.29. The number of fused-ring (bicyclic) bond motifs is 1. The fourth-order valence-corrected chi connectivity index (χ4v) is 7.18. The minimum Gasteiger partial charge on any atom is -0.298 e. The van der Waals surface area contributed by atoms with E-state index in [1.807, 2.05) is 24.3 Å². The number of hydrogen-bond donors (Lipinski definition) is 0. The summed E-state index contributed by atoms with van der Waals surface area (Å²) in [5.74, 6) is -0.382. The Balaban J connectivity index is 1.68. The maximum absolute atomic E-state index is 14.1. The largest absolute Gasteiger partial charge is 0.298 e. The number of anilines is 2. The van der Waals surface area contributed by atoms with Crippen molar-refractivity contribution < 1.29 is 18.0 Å². The van der Waals surface area contributed by atoms with E-state index in [0.717, 1.165) is 14.3 Å². The van der Waals surface area contributed by atoms with Crippen LogP contribution in [0.1, 0.15) is 25.3 Å². The summed E-state index contributed by atoms with van der Waals surface area (Å²) in [7, 11) is -4.12. The zero-order valence-corrected chi connectivity index (χ0v) is 23.0. The molecule has 8 nitrogen and oxygen atoms in total. The van der Waals surface area contributed by atoms with Crippen LogP contribution >= 0.6 is 39.1 Å². The van der Waals surface area contributed by atoms with Gasteiger partial charge in [-0.15, -0.1) is 0 Å². The molecule has 0 N–H and O–H groups in total. The van der Waals surface area contributed by atoms with Gasteiger partial charge in [-0.25, -0.2) is 18.3 Å². The molecule has 5 rings (SSSR count). The van der Waals surface area contributed by atoms with Gasteiger partial charge in [-0.1, -0.05) is 51.3 Å². The molecule has 1 saturated heterocycles. The number of benzene rings is 2. The highest BCUT2D eigenvalue weighted by atomic mass is 79.9. The molecule has 1 amide bonds. The molecule has 0 saturated carbocycles. The van der Waals surface area contributed by atoms with Crippen LogP contribution in [0, 0.1) is 0 Å². The zero-order chi connectivity index (χ0) is 25.8. The number of carbonyl (C=O) groups excluding carboxylic acids is 2. The monoisotopic (exact) mass is 610 g/mol. The Hall–Kier alpha value is -2.24. The van der Waals surface area contributed by atoms with Gasteiger partial charge in [0.1, 0.15) is 11.3 Å². The molecule has 0 spiro atoms. The summed E-state index contributed by atoms with van der Waals surface area (Å²) in [6, 6.07) is 12.2. The smallest absolute Gasteiger partial charge is 0.260 e. The fraction of sp³-hybridized carbons (Fsp3) is 0.292. The number of nitrogens with zero attached hydrogens (tertiary/aromatic N) is 4. The molecule has 2 aliphatic heterocycles. The van der Waals surface area contributed by atoms with Crippen LogP contribution in [0.25, 0.3) is 0 Å². The average Bonchev–Trinajstić information content (AvgIpc) is 3.34. The second kappa shape index (κ2) is 9.25. The number of rotatable bonds is 5. The minimum absolute atomic E-state index is 0.139. The first kappa shape index (κ1) is 25.4. The number of amides is 1. The second-order valence-electron chi connectivity index (χ2n) is 9.06. The third-order valence-corrected chi connectivity index (χ3v) is 9.23. The SMILES string of the molecule is CC1(Cc2ccc(Br)cc2)C(=O)N(c2cc(Cl)cc(Cl)c2)c2ncc(S(=O)(=O)N3CCCC(=O)C3)n21. The van der Waals surface area contributed by atoms with Crippen molar-refractivity contribution in [1.29, 1.82) is 0 Å². The van der Waals surface area contributed by atoms with Crippen molar-refractivity contribution >= 4 is 72.5 Å². The van der Waals surface area contributed by atoms with Gasteiger partial charge >= 0.3 is 0 Å². The summed E-state index contributed by atoms with van der Waals surface area (Å²) in [5, 5.41) is 0.505. The molecule has 1 atom stereocenters. The van der Waals surface area contributed by atoms with E-state index >= 15 is 0 Å². The number of ketones is 1. The Morgan fingerprint density at radius 1 is 1.08 bits per heavy atom.